The van der Waals surface area contributed by atoms with Gasteiger partial charge < -0.3 is 24.1 Å². The molecule has 0 bridgehead atoms. The molecule has 1 heterocycles. The van der Waals surface area contributed by atoms with Crippen LogP contribution in [0.2, 0.25) is 0 Å². The molecule has 2 rings (SSSR count). The molecule has 0 saturated heterocycles. The quantitative estimate of drug-likeness (QED) is 0.434. The molecule has 0 unspecified atom stereocenters. The molecule has 1 aromatic carbocycles. The minimum atomic E-state index is -1.55. The maximum atomic E-state index is 12.2. The normalized spacial score (nSPS) is 14.3. The van der Waals surface area contributed by atoms with Crippen molar-refractivity contribution in [3.8, 4) is 5.75 Å². The number of benzene rings is 1. The van der Waals surface area contributed by atoms with Crippen LogP contribution in [-0.4, -0.2) is 35.0 Å². The molecule has 0 aliphatic rings. The smallest absolute Gasteiger partial charge is 0.336 e. The van der Waals surface area contributed by atoms with Crippen LogP contribution in [-0.2, 0) is 9.53 Å². The van der Waals surface area contributed by atoms with Crippen LogP contribution in [0.3, 0.4) is 0 Å². The van der Waals surface area contributed by atoms with Gasteiger partial charge in [-0.3, -0.25) is 4.79 Å². The third kappa shape index (κ3) is 4.96. The first-order valence-corrected chi connectivity index (χ1v) is 8.50. The van der Waals surface area contributed by atoms with E-state index in [0.29, 0.717) is 16.5 Å². The summed E-state index contributed by atoms with van der Waals surface area (Å²) in [6.07, 6.45) is 0.753. The Balaban J connectivity index is 2.57. The molecule has 0 radical (unpaired) electrons. The molecule has 7 heteroatoms. The van der Waals surface area contributed by atoms with E-state index in [1.165, 1.54) is 33.1 Å². The van der Waals surface area contributed by atoms with Gasteiger partial charge in [-0.2, -0.15) is 0 Å². The Morgan fingerprint density at radius 1 is 1.33 bits per heavy atom. The number of aliphatic hydroxyl groups is 2. The molecule has 2 N–H and O–H groups in total. The number of esters is 1. The Labute approximate surface area is 156 Å². The lowest BCUT2D eigenvalue weighted by Crippen LogP contribution is -2.42. The van der Waals surface area contributed by atoms with Crippen LogP contribution in [0.4, 0.5) is 0 Å². The number of hydrogen-bond acceptors (Lipinski definition) is 7. The molecule has 0 amide bonds. The van der Waals surface area contributed by atoms with Crippen LogP contribution in [0.1, 0.15) is 38.9 Å². The van der Waals surface area contributed by atoms with Gasteiger partial charge in [0.1, 0.15) is 17.4 Å². The maximum absolute atomic E-state index is 12.2. The number of carbonyl (C=O) groups excluding carboxylic acids is 1. The standard InChI is InChI=1S/C20H24O7/c1-5-6-7-16(21)27-18(19(23)20(2,3)24)13-10-12-8-9-17(22)26-14(12)11-15(13)25-4/h5-6,8-11,18-19,23-24H,7H2,1-4H3/t18-,19-/m1/s1. The molecule has 2 atom stereocenters. The van der Waals surface area contributed by atoms with Crippen molar-refractivity contribution >= 4 is 16.9 Å². The fourth-order valence-electron chi connectivity index (χ4n) is 2.59. The van der Waals surface area contributed by atoms with Crippen molar-refractivity contribution in [3.05, 3.63) is 52.4 Å². The number of ether oxygens (including phenoxy) is 2. The topological polar surface area (TPSA) is 106 Å². The molecule has 146 valence electrons. The van der Waals surface area contributed by atoms with Crippen LogP contribution >= 0.6 is 0 Å². The van der Waals surface area contributed by atoms with Gasteiger partial charge in [0.2, 0.25) is 0 Å². The molecule has 0 spiro atoms. The van der Waals surface area contributed by atoms with Gasteiger partial charge in [0.25, 0.3) is 0 Å². The van der Waals surface area contributed by atoms with Crippen LogP contribution in [0.25, 0.3) is 11.0 Å². The van der Waals surface area contributed by atoms with E-state index in [-0.39, 0.29) is 12.2 Å². The number of methoxy groups -OCH3 is 1. The van der Waals surface area contributed by atoms with Crippen LogP contribution in [0.5, 0.6) is 5.75 Å². The molecule has 2 aromatic rings. The van der Waals surface area contributed by atoms with Gasteiger partial charge >= 0.3 is 11.6 Å². The van der Waals surface area contributed by atoms with E-state index in [0.717, 1.165) is 0 Å². The minimum absolute atomic E-state index is 0.0242. The lowest BCUT2D eigenvalue weighted by Gasteiger charge is -2.32. The molecule has 7 nitrogen and oxygen atoms in total. The summed E-state index contributed by atoms with van der Waals surface area (Å²) in [5.74, 6) is -0.313. The third-order valence-corrected chi connectivity index (χ3v) is 4.07. The van der Waals surface area contributed by atoms with E-state index in [1.54, 1.807) is 31.2 Å². The highest BCUT2D eigenvalue weighted by Crippen LogP contribution is 2.36. The van der Waals surface area contributed by atoms with E-state index in [9.17, 15) is 19.8 Å². The summed E-state index contributed by atoms with van der Waals surface area (Å²) in [5, 5.41) is 21.5. The van der Waals surface area contributed by atoms with Gasteiger partial charge in [-0.15, -0.1) is 0 Å². The summed E-state index contributed by atoms with van der Waals surface area (Å²) >= 11 is 0. The lowest BCUT2D eigenvalue weighted by molar-refractivity contribution is -0.167. The molecule has 0 aliphatic heterocycles. The molecule has 1 aromatic heterocycles. The van der Waals surface area contributed by atoms with Crippen molar-refractivity contribution < 1.29 is 28.9 Å². The second-order valence-electron chi connectivity index (χ2n) is 6.67. The fourth-order valence-corrected chi connectivity index (χ4v) is 2.59. The predicted octanol–water partition coefficient (Wildman–Crippen LogP) is 2.48. The number of fused-ring (bicyclic) bond motifs is 1. The molecular formula is C20H24O7. The first kappa shape index (κ1) is 20.7. The summed E-state index contributed by atoms with van der Waals surface area (Å²) < 4.78 is 15.9. The summed E-state index contributed by atoms with van der Waals surface area (Å²) in [6, 6.07) is 5.90. The zero-order chi connectivity index (χ0) is 20.2. The fraction of sp³-hybridized carbons (Fsp3) is 0.400. The summed E-state index contributed by atoms with van der Waals surface area (Å²) in [6.45, 7) is 4.60. The van der Waals surface area contributed by atoms with Gasteiger partial charge in [-0.25, -0.2) is 4.79 Å². The number of carbonyl (C=O) groups is 1. The van der Waals surface area contributed by atoms with Crippen molar-refractivity contribution in [3.63, 3.8) is 0 Å². The van der Waals surface area contributed by atoms with E-state index >= 15 is 0 Å². The maximum Gasteiger partial charge on any atom is 0.336 e. The average molecular weight is 376 g/mol. The Hall–Kier alpha value is -2.64. The Morgan fingerprint density at radius 3 is 2.63 bits per heavy atom. The zero-order valence-corrected chi connectivity index (χ0v) is 15.8. The summed E-state index contributed by atoms with van der Waals surface area (Å²) in [5.41, 5.74) is -1.42. The Kier molecular flexibility index (Phi) is 6.41. The lowest BCUT2D eigenvalue weighted by atomic mass is 9.91. The van der Waals surface area contributed by atoms with Crippen molar-refractivity contribution in [2.45, 2.75) is 45.0 Å². The highest BCUT2D eigenvalue weighted by Gasteiger charge is 2.37. The van der Waals surface area contributed by atoms with E-state index in [2.05, 4.69) is 0 Å². The largest absolute Gasteiger partial charge is 0.496 e. The van der Waals surface area contributed by atoms with Crippen LogP contribution in [0, 0.1) is 0 Å². The van der Waals surface area contributed by atoms with Crippen molar-refractivity contribution in [1.29, 1.82) is 0 Å². The summed E-state index contributed by atoms with van der Waals surface area (Å²) in [7, 11) is 1.40. The molecule has 0 saturated carbocycles. The second-order valence-corrected chi connectivity index (χ2v) is 6.67. The van der Waals surface area contributed by atoms with E-state index in [4.69, 9.17) is 13.9 Å². The number of rotatable bonds is 7. The molecule has 0 aliphatic carbocycles. The number of allylic oxidation sites excluding steroid dienone is 1. The van der Waals surface area contributed by atoms with Gasteiger partial charge in [-0.05, 0) is 32.9 Å². The monoisotopic (exact) mass is 376 g/mol. The van der Waals surface area contributed by atoms with Crippen molar-refractivity contribution in [2.75, 3.05) is 7.11 Å². The third-order valence-electron chi connectivity index (χ3n) is 4.07. The Morgan fingerprint density at radius 2 is 2.04 bits per heavy atom. The molecule has 0 fully saturated rings. The van der Waals surface area contributed by atoms with E-state index in [1.807, 2.05) is 0 Å². The minimum Gasteiger partial charge on any atom is -0.496 e. The van der Waals surface area contributed by atoms with Gasteiger partial charge in [0.15, 0.2) is 6.10 Å². The molecular weight excluding hydrogens is 352 g/mol. The number of aliphatic hydroxyl groups excluding tert-OH is 1. The first-order chi connectivity index (χ1) is 12.7. The van der Waals surface area contributed by atoms with Gasteiger partial charge in [-0.1, -0.05) is 12.2 Å². The van der Waals surface area contributed by atoms with Gasteiger partial charge in [0, 0.05) is 23.1 Å². The predicted molar refractivity (Wildman–Crippen MR) is 99.6 cm³/mol. The average Bonchev–Trinajstić information content (AvgIpc) is 2.62. The highest BCUT2D eigenvalue weighted by molar-refractivity contribution is 5.80. The zero-order valence-electron chi connectivity index (χ0n) is 15.8. The first-order valence-electron chi connectivity index (χ1n) is 8.50. The highest BCUT2D eigenvalue weighted by atomic mass is 16.6. The van der Waals surface area contributed by atoms with E-state index < -0.39 is 29.4 Å². The van der Waals surface area contributed by atoms with Crippen LogP contribution < -0.4 is 10.4 Å². The number of hydrogen-bond donors (Lipinski definition) is 2. The summed E-state index contributed by atoms with van der Waals surface area (Å²) in [4.78, 5) is 23.6. The Bertz CT molecular complexity index is 889. The molecule has 27 heavy (non-hydrogen) atoms. The van der Waals surface area contributed by atoms with Gasteiger partial charge in [0.05, 0.1) is 19.1 Å². The van der Waals surface area contributed by atoms with Crippen LogP contribution in [0.15, 0.2) is 45.6 Å². The van der Waals surface area contributed by atoms with Crippen molar-refractivity contribution in [2.24, 2.45) is 0 Å². The van der Waals surface area contributed by atoms with Crippen molar-refractivity contribution in [1.82, 2.24) is 0 Å². The SMILES string of the molecule is CC=CCC(=O)O[C@H](c1cc2ccc(=O)oc2cc1OC)[C@@H](O)C(C)(C)O. The second kappa shape index (κ2) is 8.37.